The standard InChI is InChI=1S/C28H37FN2O4S/c1-27(2,3)35-26(32)31(17-19-10-13-21(33-4)14-11-19)25-30-28(23-8-6-7-9-24(23)29)16-22(34-5)15-12-20(28)18-36-25/h6-11,13-14,20,22,25,30H,12,15-18H2,1-5H3. The van der Waals surface area contributed by atoms with Crippen LogP contribution in [0, 0.1) is 11.7 Å². The van der Waals surface area contributed by atoms with Crippen molar-refractivity contribution in [1.82, 2.24) is 10.2 Å². The van der Waals surface area contributed by atoms with E-state index in [0.29, 0.717) is 18.5 Å². The fourth-order valence-corrected chi connectivity index (χ4v) is 6.72. The van der Waals surface area contributed by atoms with Crippen molar-refractivity contribution >= 4 is 17.9 Å². The summed E-state index contributed by atoms with van der Waals surface area (Å²) in [7, 11) is 3.34. The number of fused-ring (bicyclic) bond motifs is 1. The maximum atomic E-state index is 15.3. The lowest BCUT2D eigenvalue weighted by molar-refractivity contribution is -0.0170. The number of rotatable bonds is 6. The minimum absolute atomic E-state index is 0.00803. The van der Waals surface area contributed by atoms with Crippen LogP contribution >= 0.6 is 11.8 Å². The largest absolute Gasteiger partial charge is 0.497 e. The second-order valence-electron chi connectivity index (χ2n) is 10.6. The summed E-state index contributed by atoms with van der Waals surface area (Å²) in [4.78, 5) is 15.2. The molecule has 1 heterocycles. The highest BCUT2D eigenvalue weighted by molar-refractivity contribution is 7.99. The van der Waals surface area contributed by atoms with E-state index in [1.807, 2.05) is 57.2 Å². The zero-order valence-electron chi connectivity index (χ0n) is 21.8. The SMILES string of the molecule is COc1ccc(CN(C(=O)OC(C)(C)C)C2NC3(c4ccccc4F)CC(OC)CCC3CS2)cc1. The van der Waals surface area contributed by atoms with Gasteiger partial charge in [0.2, 0.25) is 0 Å². The molecule has 1 aliphatic heterocycles. The third-order valence-corrected chi connectivity index (χ3v) is 8.31. The predicted octanol–water partition coefficient (Wildman–Crippen LogP) is 5.90. The molecule has 8 heteroatoms. The summed E-state index contributed by atoms with van der Waals surface area (Å²) in [5.41, 5.74) is -0.124. The van der Waals surface area contributed by atoms with E-state index in [9.17, 15) is 4.79 Å². The Hall–Kier alpha value is -2.29. The molecule has 36 heavy (non-hydrogen) atoms. The Morgan fingerprint density at radius 1 is 1.14 bits per heavy atom. The zero-order valence-corrected chi connectivity index (χ0v) is 22.6. The van der Waals surface area contributed by atoms with Crippen LogP contribution in [0.5, 0.6) is 5.75 Å². The molecule has 2 aromatic rings. The van der Waals surface area contributed by atoms with Crippen LogP contribution in [0.15, 0.2) is 48.5 Å². The van der Waals surface area contributed by atoms with E-state index in [0.717, 1.165) is 29.9 Å². The molecule has 0 aromatic heterocycles. The summed E-state index contributed by atoms with van der Waals surface area (Å²) in [6.07, 6.45) is 2.09. The van der Waals surface area contributed by atoms with Gasteiger partial charge in [-0.3, -0.25) is 10.2 Å². The molecule has 0 radical (unpaired) electrons. The van der Waals surface area contributed by atoms with Gasteiger partial charge in [-0.25, -0.2) is 9.18 Å². The van der Waals surface area contributed by atoms with Gasteiger partial charge in [0.05, 0.1) is 25.3 Å². The normalized spacial score (nSPS) is 26.1. The molecule has 1 N–H and O–H groups in total. The van der Waals surface area contributed by atoms with Gasteiger partial charge < -0.3 is 14.2 Å². The first-order valence-corrected chi connectivity index (χ1v) is 13.5. The third kappa shape index (κ3) is 5.82. The number of carbonyl (C=O) groups is 1. The average Bonchev–Trinajstić information content (AvgIpc) is 2.86. The van der Waals surface area contributed by atoms with Gasteiger partial charge in [0.25, 0.3) is 0 Å². The van der Waals surface area contributed by atoms with Gasteiger partial charge in [0, 0.05) is 18.4 Å². The predicted molar refractivity (Wildman–Crippen MR) is 140 cm³/mol. The summed E-state index contributed by atoms with van der Waals surface area (Å²) in [5.74, 6) is 1.52. The molecule has 1 amide bonds. The minimum atomic E-state index is -0.652. The van der Waals surface area contributed by atoms with E-state index in [4.69, 9.17) is 14.2 Å². The van der Waals surface area contributed by atoms with Crippen molar-refractivity contribution in [3.8, 4) is 5.75 Å². The average molecular weight is 517 g/mol. The van der Waals surface area contributed by atoms with Gasteiger partial charge in [0.15, 0.2) is 0 Å². The van der Waals surface area contributed by atoms with Crippen LogP contribution in [0.3, 0.4) is 0 Å². The van der Waals surface area contributed by atoms with Crippen LogP contribution in [-0.4, -0.2) is 48.2 Å². The molecule has 2 aliphatic rings. The maximum Gasteiger partial charge on any atom is 0.412 e. The van der Waals surface area contributed by atoms with E-state index in [-0.39, 0.29) is 17.8 Å². The molecular formula is C28H37FN2O4S. The fraction of sp³-hybridized carbons (Fsp3) is 0.536. The van der Waals surface area contributed by atoms with E-state index in [1.54, 1.807) is 36.9 Å². The van der Waals surface area contributed by atoms with Crippen molar-refractivity contribution in [2.75, 3.05) is 20.0 Å². The van der Waals surface area contributed by atoms with Crippen molar-refractivity contribution in [3.05, 3.63) is 65.5 Å². The van der Waals surface area contributed by atoms with Gasteiger partial charge in [-0.15, -0.1) is 11.8 Å². The molecule has 4 atom stereocenters. The summed E-state index contributed by atoms with van der Waals surface area (Å²) in [6.45, 7) is 5.92. The Kier molecular flexibility index (Phi) is 8.17. The van der Waals surface area contributed by atoms with E-state index in [2.05, 4.69) is 5.32 Å². The van der Waals surface area contributed by atoms with Gasteiger partial charge in [-0.2, -0.15) is 0 Å². The Balaban J connectivity index is 1.70. The highest BCUT2D eigenvalue weighted by Crippen LogP contribution is 2.49. The zero-order chi connectivity index (χ0) is 25.9. The number of benzene rings is 2. The quantitative estimate of drug-likeness (QED) is 0.516. The third-order valence-electron chi connectivity index (χ3n) is 7.03. The van der Waals surface area contributed by atoms with Crippen molar-refractivity contribution < 1.29 is 23.4 Å². The van der Waals surface area contributed by atoms with Gasteiger partial charge >= 0.3 is 6.09 Å². The number of thioether (sulfide) groups is 1. The number of hydrogen-bond acceptors (Lipinski definition) is 6. The number of ether oxygens (including phenoxy) is 3. The first-order chi connectivity index (χ1) is 17.1. The number of carbonyl (C=O) groups excluding carboxylic acids is 1. The van der Waals surface area contributed by atoms with Crippen molar-refractivity contribution in [1.29, 1.82) is 0 Å². The second kappa shape index (κ2) is 11.0. The molecule has 196 valence electrons. The first-order valence-electron chi connectivity index (χ1n) is 12.4. The van der Waals surface area contributed by atoms with Crippen LogP contribution in [0.4, 0.5) is 9.18 Å². The highest BCUT2D eigenvalue weighted by atomic mass is 32.2. The summed E-state index contributed by atoms with van der Waals surface area (Å²) in [6, 6.07) is 14.6. The molecule has 1 saturated carbocycles. The molecule has 2 fully saturated rings. The number of halogens is 1. The molecule has 4 rings (SSSR count). The summed E-state index contributed by atoms with van der Waals surface area (Å²) in [5, 5.41) is 3.74. The van der Waals surface area contributed by atoms with E-state index >= 15 is 4.39 Å². The Morgan fingerprint density at radius 3 is 2.50 bits per heavy atom. The van der Waals surface area contributed by atoms with Crippen LogP contribution in [-0.2, 0) is 21.6 Å². The lowest BCUT2D eigenvalue weighted by Crippen LogP contribution is -2.64. The van der Waals surface area contributed by atoms with Gasteiger partial charge in [0.1, 0.15) is 22.7 Å². The fourth-order valence-electron chi connectivity index (χ4n) is 5.22. The molecule has 6 nitrogen and oxygen atoms in total. The molecule has 1 saturated heterocycles. The van der Waals surface area contributed by atoms with Crippen LogP contribution in [0.25, 0.3) is 0 Å². The Bertz CT molecular complexity index is 1040. The second-order valence-corrected chi connectivity index (χ2v) is 11.7. The van der Waals surface area contributed by atoms with Gasteiger partial charge in [-0.1, -0.05) is 30.3 Å². The number of methoxy groups -OCH3 is 2. The lowest BCUT2D eigenvalue weighted by Gasteiger charge is -2.54. The van der Waals surface area contributed by atoms with Gasteiger partial charge in [-0.05, 0) is 69.7 Å². The monoisotopic (exact) mass is 516 g/mol. The molecule has 0 bridgehead atoms. The molecule has 2 aromatic carbocycles. The number of amides is 1. The highest BCUT2D eigenvalue weighted by Gasteiger charge is 2.52. The van der Waals surface area contributed by atoms with Crippen molar-refractivity contribution in [2.45, 2.75) is 69.3 Å². The van der Waals surface area contributed by atoms with Crippen LogP contribution in [0.2, 0.25) is 0 Å². The molecule has 4 unspecified atom stereocenters. The minimum Gasteiger partial charge on any atom is -0.497 e. The Morgan fingerprint density at radius 2 is 1.86 bits per heavy atom. The molecule has 1 aliphatic carbocycles. The smallest absolute Gasteiger partial charge is 0.412 e. The van der Waals surface area contributed by atoms with E-state index < -0.39 is 22.7 Å². The van der Waals surface area contributed by atoms with Crippen molar-refractivity contribution in [2.24, 2.45) is 5.92 Å². The maximum absolute atomic E-state index is 15.3. The summed E-state index contributed by atoms with van der Waals surface area (Å²) < 4.78 is 32.2. The lowest BCUT2D eigenvalue weighted by atomic mass is 9.68. The van der Waals surface area contributed by atoms with Crippen LogP contribution in [0.1, 0.15) is 51.2 Å². The molecular weight excluding hydrogens is 479 g/mol. The van der Waals surface area contributed by atoms with Crippen molar-refractivity contribution in [3.63, 3.8) is 0 Å². The molecule has 0 spiro atoms. The van der Waals surface area contributed by atoms with Crippen LogP contribution < -0.4 is 10.1 Å². The number of nitrogens with zero attached hydrogens (tertiary/aromatic N) is 1. The van der Waals surface area contributed by atoms with E-state index in [1.165, 1.54) is 6.07 Å². The first kappa shape index (κ1) is 26.8. The number of hydrogen-bond donors (Lipinski definition) is 1. The topological polar surface area (TPSA) is 60.0 Å². The summed E-state index contributed by atoms with van der Waals surface area (Å²) >= 11 is 1.67. The number of nitrogens with one attached hydrogen (secondary N) is 1. The Labute approximate surface area is 217 Å².